The second-order valence-corrected chi connectivity index (χ2v) is 3.43. The fourth-order valence-electron chi connectivity index (χ4n) is 0.420. The first-order valence-electron chi connectivity index (χ1n) is 3.82. The van der Waals surface area contributed by atoms with Crippen LogP contribution in [0.25, 0.3) is 0 Å². The van der Waals surface area contributed by atoms with Crippen LogP contribution in [0.3, 0.4) is 0 Å². The van der Waals surface area contributed by atoms with Crippen molar-refractivity contribution in [3.8, 4) is 5.75 Å². The van der Waals surface area contributed by atoms with Crippen LogP contribution in [0.2, 0.25) is 0 Å². The predicted molar refractivity (Wildman–Crippen MR) is 45.6 cm³/mol. The Morgan fingerprint density at radius 1 is 1.00 bits per heavy atom. The Morgan fingerprint density at radius 3 is 1.43 bits per heavy atom. The van der Waals surface area contributed by atoms with Gasteiger partial charge >= 0.3 is 80.9 Å². The first kappa shape index (κ1) is 21.0. The molecule has 68 valence electrons. The standard InChI is InChI=1S/C6H6O.C4H9O.K.Na/c7-6-4-2-1-3-5-6;1-4(2,3)5;;/h1-5,7H;1-3H3;;/q;-1;2*+1/p-1. The van der Waals surface area contributed by atoms with Crippen molar-refractivity contribution in [3.63, 3.8) is 0 Å². The van der Waals surface area contributed by atoms with Gasteiger partial charge in [0, 0.05) is 0 Å². The van der Waals surface area contributed by atoms with E-state index in [0.717, 1.165) is 0 Å². The molecule has 1 rings (SSSR count). The van der Waals surface area contributed by atoms with E-state index < -0.39 is 5.60 Å². The van der Waals surface area contributed by atoms with Gasteiger partial charge in [0.2, 0.25) is 0 Å². The van der Waals surface area contributed by atoms with E-state index in [2.05, 4.69) is 0 Å². The Labute approximate surface area is 151 Å². The van der Waals surface area contributed by atoms with Crippen molar-refractivity contribution in [2.75, 3.05) is 0 Å². The number of para-hydroxylation sites is 1. The molecule has 0 radical (unpaired) electrons. The average molecular weight is 228 g/mol. The summed E-state index contributed by atoms with van der Waals surface area (Å²) in [7, 11) is 0. The second kappa shape index (κ2) is 11.1. The first-order chi connectivity index (χ1) is 5.39. The summed E-state index contributed by atoms with van der Waals surface area (Å²) in [5, 5.41) is 20.4. The van der Waals surface area contributed by atoms with E-state index in [4.69, 9.17) is 0 Å². The van der Waals surface area contributed by atoms with Crippen LogP contribution >= 0.6 is 0 Å². The molecule has 0 aromatic heterocycles. The summed E-state index contributed by atoms with van der Waals surface area (Å²) in [6, 6.07) is 8.33. The van der Waals surface area contributed by atoms with Crippen molar-refractivity contribution in [1.82, 2.24) is 0 Å². The average Bonchev–Trinajstić information content (AvgIpc) is 1.85. The third-order valence-corrected chi connectivity index (χ3v) is 0.743. The molecular weight excluding hydrogens is 214 g/mol. The second-order valence-electron chi connectivity index (χ2n) is 3.43. The van der Waals surface area contributed by atoms with Gasteiger partial charge < -0.3 is 10.2 Å². The molecule has 0 fully saturated rings. The molecule has 1 aromatic rings. The van der Waals surface area contributed by atoms with Crippen LogP contribution in [0.1, 0.15) is 20.8 Å². The van der Waals surface area contributed by atoms with Crippen LogP contribution in [0.4, 0.5) is 0 Å². The van der Waals surface area contributed by atoms with Crippen molar-refractivity contribution < 1.29 is 91.2 Å². The van der Waals surface area contributed by atoms with Gasteiger partial charge in [-0.05, 0) is 0 Å². The normalized spacial score (nSPS) is 8.57. The minimum absolute atomic E-state index is 0. The van der Waals surface area contributed by atoms with Crippen LogP contribution in [0, 0.1) is 0 Å². The van der Waals surface area contributed by atoms with Crippen molar-refractivity contribution >= 4 is 0 Å². The number of hydrogen-bond acceptors (Lipinski definition) is 2. The molecule has 0 saturated heterocycles. The molecule has 0 aliphatic rings. The van der Waals surface area contributed by atoms with Gasteiger partial charge in [-0.25, -0.2) is 0 Å². The molecule has 0 heterocycles. The summed E-state index contributed by atoms with van der Waals surface area (Å²) >= 11 is 0. The molecule has 0 bridgehead atoms. The molecule has 0 aliphatic heterocycles. The van der Waals surface area contributed by atoms with Gasteiger partial charge in [-0.15, -0.1) is 11.4 Å². The van der Waals surface area contributed by atoms with Gasteiger partial charge in [0.05, 0.1) is 0 Å². The van der Waals surface area contributed by atoms with E-state index in [9.17, 15) is 10.2 Å². The maximum absolute atomic E-state index is 10.3. The van der Waals surface area contributed by atoms with Crippen molar-refractivity contribution in [3.05, 3.63) is 30.3 Å². The van der Waals surface area contributed by atoms with Crippen molar-refractivity contribution in [2.45, 2.75) is 26.4 Å². The Balaban J connectivity index is -0.000000159. The quantitative estimate of drug-likeness (QED) is 0.417. The van der Waals surface area contributed by atoms with E-state index in [1.807, 2.05) is 6.07 Å². The molecule has 0 unspecified atom stereocenters. The zero-order valence-electron chi connectivity index (χ0n) is 9.70. The van der Waals surface area contributed by atoms with E-state index in [1.165, 1.54) is 12.1 Å². The topological polar surface area (TPSA) is 46.1 Å². The Bertz CT molecular complexity index is 203. The zero-order valence-corrected chi connectivity index (χ0v) is 14.8. The Kier molecular flexibility index (Phi) is 16.6. The molecule has 0 aliphatic carbocycles. The maximum atomic E-state index is 10.3. The van der Waals surface area contributed by atoms with Gasteiger partial charge in [0.1, 0.15) is 0 Å². The van der Waals surface area contributed by atoms with E-state index in [-0.39, 0.29) is 86.7 Å². The molecule has 0 saturated carbocycles. The molecule has 1 aromatic carbocycles. The molecule has 0 spiro atoms. The minimum Gasteiger partial charge on any atom is -0.872 e. The van der Waals surface area contributed by atoms with Crippen LogP contribution in [-0.4, -0.2) is 5.60 Å². The third-order valence-electron chi connectivity index (χ3n) is 0.743. The van der Waals surface area contributed by atoms with Crippen LogP contribution in [-0.2, 0) is 0 Å². The maximum Gasteiger partial charge on any atom is 1.00 e. The molecule has 0 N–H and O–H groups in total. The Hall–Kier alpha value is 1.62. The fourth-order valence-corrected chi connectivity index (χ4v) is 0.420. The summed E-state index contributed by atoms with van der Waals surface area (Å²) in [4.78, 5) is 0. The summed E-state index contributed by atoms with van der Waals surface area (Å²) < 4.78 is 0. The van der Waals surface area contributed by atoms with Gasteiger partial charge in [-0.2, -0.15) is 0 Å². The summed E-state index contributed by atoms with van der Waals surface area (Å²) in [6.45, 7) is 4.90. The van der Waals surface area contributed by atoms with Crippen LogP contribution in [0.5, 0.6) is 5.75 Å². The number of rotatable bonds is 0. The van der Waals surface area contributed by atoms with Gasteiger partial charge in [0.15, 0.2) is 0 Å². The first-order valence-corrected chi connectivity index (χ1v) is 3.82. The summed E-state index contributed by atoms with van der Waals surface area (Å²) in [5.41, 5.74) is -0.750. The minimum atomic E-state index is -0.750. The largest absolute Gasteiger partial charge is 1.00 e. The predicted octanol–water partition coefficient (Wildman–Crippen LogP) is -5.09. The Morgan fingerprint density at radius 2 is 1.29 bits per heavy atom. The summed E-state index contributed by atoms with van der Waals surface area (Å²) in [6.07, 6.45) is 0. The molecular formula is C10H14KNaO2. The van der Waals surface area contributed by atoms with Gasteiger partial charge in [0.25, 0.3) is 0 Å². The van der Waals surface area contributed by atoms with Gasteiger partial charge in [-0.3, -0.25) is 0 Å². The molecule has 0 amide bonds. The fraction of sp³-hybridized carbons (Fsp3) is 0.400. The third kappa shape index (κ3) is 23.4. The van der Waals surface area contributed by atoms with E-state index in [0.29, 0.717) is 0 Å². The van der Waals surface area contributed by atoms with Crippen LogP contribution in [0.15, 0.2) is 30.3 Å². The zero-order chi connectivity index (χ0) is 9.61. The summed E-state index contributed by atoms with van der Waals surface area (Å²) in [5.74, 6) is 0.0718. The van der Waals surface area contributed by atoms with Crippen molar-refractivity contribution in [2.24, 2.45) is 0 Å². The molecule has 14 heavy (non-hydrogen) atoms. The molecule has 0 atom stereocenters. The smallest absolute Gasteiger partial charge is 0.872 e. The van der Waals surface area contributed by atoms with Crippen LogP contribution < -0.4 is 91.2 Å². The SMILES string of the molecule is CC(C)(C)[O-].[K+].[Na+].[O-]c1ccccc1. The number of benzene rings is 1. The monoisotopic (exact) mass is 228 g/mol. The number of hydrogen-bond donors (Lipinski definition) is 0. The van der Waals surface area contributed by atoms with E-state index >= 15 is 0 Å². The molecule has 2 nitrogen and oxygen atoms in total. The van der Waals surface area contributed by atoms with E-state index in [1.54, 1.807) is 32.9 Å². The molecule has 4 heteroatoms. The van der Waals surface area contributed by atoms with Crippen molar-refractivity contribution in [1.29, 1.82) is 0 Å². The van der Waals surface area contributed by atoms with Gasteiger partial charge in [-0.1, -0.05) is 51.1 Å².